The van der Waals surface area contributed by atoms with E-state index in [0.29, 0.717) is 15.7 Å². The number of carbonyl (C=O) groups is 3. The Balaban J connectivity index is 2.41. The van der Waals surface area contributed by atoms with Gasteiger partial charge in [-0.3, -0.25) is 19.8 Å². The van der Waals surface area contributed by atoms with E-state index in [1.54, 1.807) is 24.3 Å². The van der Waals surface area contributed by atoms with E-state index >= 15 is 0 Å². The number of nitrogens with zero attached hydrogens (tertiary/aromatic N) is 2. The van der Waals surface area contributed by atoms with Crippen LogP contribution in [0.5, 0.6) is 0 Å². The summed E-state index contributed by atoms with van der Waals surface area (Å²) in [5.41, 5.74) is -1.02. The number of para-hydroxylation sites is 1. The maximum absolute atomic E-state index is 12.5. The minimum Gasteiger partial charge on any atom is -0.478 e. The molecule has 0 radical (unpaired) electrons. The highest BCUT2D eigenvalue weighted by molar-refractivity contribution is 6.40. The van der Waals surface area contributed by atoms with E-state index in [0.717, 1.165) is 6.07 Å². The lowest BCUT2D eigenvalue weighted by atomic mass is 10.0. The Labute approximate surface area is 157 Å². The van der Waals surface area contributed by atoms with Gasteiger partial charge in [0.25, 0.3) is 5.69 Å². The highest BCUT2D eigenvalue weighted by Crippen LogP contribution is 2.37. The van der Waals surface area contributed by atoms with Gasteiger partial charge >= 0.3 is 17.8 Å². The average Bonchev–Trinajstić information content (AvgIpc) is 2.68. The monoisotopic (exact) mass is 380 g/mol. The van der Waals surface area contributed by atoms with Gasteiger partial charge in [-0.15, -0.1) is 0 Å². The maximum atomic E-state index is 12.5. The molecule has 0 fully saturated rings. The van der Waals surface area contributed by atoms with Crippen molar-refractivity contribution in [2.24, 2.45) is 0 Å². The zero-order valence-electron chi connectivity index (χ0n) is 14.1. The zero-order chi connectivity index (χ0) is 20.4. The Morgan fingerprint density at radius 2 is 1.54 bits per heavy atom. The molecule has 0 unspecified atom stereocenters. The summed E-state index contributed by atoms with van der Waals surface area (Å²) in [6.45, 7) is 0. The Morgan fingerprint density at radius 3 is 2.18 bits per heavy atom. The number of fused-ring (bicyclic) bond motifs is 1. The second-order valence-electron chi connectivity index (χ2n) is 5.71. The minimum atomic E-state index is -1.84. The summed E-state index contributed by atoms with van der Waals surface area (Å²) < 4.78 is 0. The molecule has 2 N–H and O–H groups in total. The van der Waals surface area contributed by atoms with Gasteiger partial charge in [0.2, 0.25) is 0 Å². The summed E-state index contributed by atoms with van der Waals surface area (Å²) in [5, 5.41) is 30.8. The summed E-state index contributed by atoms with van der Waals surface area (Å²) in [5.74, 6) is -4.66. The third-order valence-corrected chi connectivity index (χ3v) is 4.04. The SMILES string of the molecule is O=C(O)C(=O)N(c1ccccc1C(=O)O)c1cc([N+](=O)[O-])cc2ccccc12. The molecule has 3 aromatic rings. The first-order chi connectivity index (χ1) is 13.3. The first kappa shape index (κ1) is 18.5. The number of hydrogen-bond donors (Lipinski definition) is 2. The van der Waals surface area contributed by atoms with Crippen molar-refractivity contribution >= 4 is 45.7 Å². The van der Waals surface area contributed by atoms with Crippen LogP contribution in [0.3, 0.4) is 0 Å². The van der Waals surface area contributed by atoms with Crippen molar-refractivity contribution in [1.29, 1.82) is 0 Å². The van der Waals surface area contributed by atoms with Crippen LogP contribution >= 0.6 is 0 Å². The fourth-order valence-corrected chi connectivity index (χ4v) is 2.86. The van der Waals surface area contributed by atoms with Gasteiger partial charge in [0, 0.05) is 17.5 Å². The van der Waals surface area contributed by atoms with E-state index in [-0.39, 0.29) is 22.6 Å². The van der Waals surface area contributed by atoms with Crippen molar-refractivity contribution in [3.8, 4) is 0 Å². The molecule has 0 aliphatic carbocycles. The number of carboxylic acid groups (broad SMARTS) is 2. The number of amides is 1. The Hall–Kier alpha value is -4.27. The number of hydrogen-bond acceptors (Lipinski definition) is 5. The summed E-state index contributed by atoms with van der Waals surface area (Å²) in [6.07, 6.45) is 0. The van der Waals surface area contributed by atoms with Crippen LogP contribution in [0.25, 0.3) is 10.8 Å². The third kappa shape index (κ3) is 3.23. The van der Waals surface area contributed by atoms with Crippen LogP contribution in [0.15, 0.2) is 60.7 Å². The van der Waals surface area contributed by atoms with Crippen LogP contribution in [0.1, 0.15) is 10.4 Å². The van der Waals surface area contributed by atoms with Gasteiger partial charge in [0.1, 0.15) is 0 Å². The van der Waals surface area contributed by atoms with Crippen LogP contribution in [-0.4, -0.2) is 33.0 Å². The number of aromatic carboxylic acids is 1. The number of carbonyl (C=O) groups excluding carboxylic acids is 1. The van der Waals surface area contributed by atoms with Crippen molar-refractivity contribution in [3.05, 3.63) is 76.3 Å². The van der Waals surface area contributed by atoms with E-state index in [1.807, 2.05) is 0 Å². The van der Waals surface area contributed by atoms with Crippen LogP contribution in [0.2, 0.25) is 0 Å². The van der Waals surface area contributed by atoms with Gasteiger partial charge in [0.15, 0.2) is 0 Å². The molecule has 0 saturated carbocycles. The number of aliphatic carboxylic acids is 1. The van der Waals surface area contributed by atoms with Crippen molar-refractivity contribution in [2.45, 2.75) is 0 Å². The topological polar surface area (TPSA) is 138 Å². The molecule has 0 saturated heterocycles. The standard InChI is InChI=1S/C19H12N2O7/c22-17(19(25)26)20(15-8-4-3-7-14(15)18(23)24)16-10-12(21(27)28)9-11-5-1-2-6-13(11)16/h1-10H,(H,23,24)(H,25,26). The number of non-ortho nitro benzene ring substituents is 1. The molecule has 0 spiro atoms. The third-order valence-electron chi connectivity index (χ3n) is 4.04. The Morgan fingerprint density at radius 1 is 0.893 bits per heavy atom. The van der Waals surface area contributed by atoms with E-state index < -0.39 is 22.8 Å². The Bertz CT molecular complexity index is 1140. The fraction of sp³-hybridized carbons (Fsp3) is 0. The van der Waals surface area contributed by atoms with Gasteiger partial charge in [-0.2, -0.15) is 0 Å². The van der Waals surface area contributed by atoms with Gasteiger partial charge < -0.3 is 10.2 Å². The lowest BCUT2D eigenvalue weighted by Gasteiger charge is -2.24. The van der Waals surface area contributed by atoms with Crippen molar-refractivity contribution in [2.75, 3.05) is 4.90 Å². The molecule has 0 bridgehead atoms. The molecule has 0 aromatic heterocycles. The van der Waals surface area contributed by atoms with E-state index in [1.165, 1.54) is 30.3 Å². The number of nitro benzene ring substituents is 1. The van der Waals surface area contributed by atoms with Gasteiger partial charge in [-0.25, -0.2) is 9.59 Å². The first-order valence-electron chi connectivity index (χ1n) is 7.88. The molecule has 3 rings (SSSR count). The minimum absolute atomic E-state index is 0.106. The molecule has 0 aliphatic heterocycles. The quantitative estimate of drug-likeness (QED) is 0.402. The molecular formula is C19H12N2O7. The molecular weight excluding hydrogens is 368 g/mol. The molecule has 0 heterocycles. The molecule has 140 valence electrons. The lowest BCUT2D eigenvalue weighted by molar-refractivity contribution is -0.384. The summed E-state index contributed by atoms with van der Waals surface area (Å²) in [7, 11) is 0. The number of anilines is 2. The van der Waals surface area contributed by atoms with Crippen LogP contribution in [0, 0.1) is 10.1 Å². The maximum Gasteiger partial charge on any atom is 0.395 e. The zero-order valence-corrected chi connectivity index (χ0v) is 14.1. The summed E-state index contributed by atoms with van der Waals surface area (Å²) in [6, 6.07) is 14.0. The molecule has 9 heteroatoms. The van der Waals surface area contributed by atoms with Crippen molar-refractivity contribution < 1.29 is 29.5 Å². The molecule has 3 aromatic carbocycles. The van der Waals surface area contributed by atoms with E-state index in [2.05, 4.69) is 0 Å². The predicted molar refractivity (Wildman–Crippen MR) is 98.8 cm³/mol. The second kappa shape index (κ2) is 7.16. The predicted octanol–water partition coefficient (Wildman–Crippen LogP) is 3.20. The highest BCUT2D eigenvalue weighted by atomic mass is 16.6. The van der Waals surface area contributed by atoms with E-state index in [4.69, 9.17) is 0 Å². The molecule has 0 atom stereocenters. The largest absolute Gasteiger partial charge is 0.478 e. The number of carboxylic acids is 2. The first-order valence-corrected chi connectivity index (χ1v) is 7.88. The highest BCUT2D eigenvalue weighted by Gasteiger charge is 2.30. The normalized spacial score (nSPS) is 10.4. The fourth-order valence-electron chi connectivity index (χ4n) is 2.86. The summed E-state index contributed by atoms with van der Waals surface area (Å²) >= 11 is 0. The summed E-state index contributed by atoms with van der Waals surface area (Å²) in [4.78, 5) is 46.9. The molecule has 1 amide bonds. The van der Waals surface area contributed by atoms with Crippen molar-refractivity contribution in [3.63, 3.8) is 0 Å². The van der Waals surface area contributed by atoms with Crippen LogP contribution < -0.4 is 4.90 Å². The second-order valence-corrected chi connectivity index (χ2v) is 5.71. The molecule has 9 nitrogen and oxygen atoms in total. The van der Waals surface area contributed by atoms with Gasteiger partial charge in [0.05, 0.1) is 21.9 Å². The molecule has 0 aliphatic rings. The van der Waals surface area contributed by atoms with Gasteiger partial charge in [-0.1, -0.05) is 36.4 Å². The molecule has 28 heavy (non-hydrogen) atoms. The van der Waals surface area contributed by atoms with E-state index in [9.17, 15) is 34.7 Å². The number of nitro groups is 1. The van der Waals surface area contributed by atoms with Crippen molar-refractivity contribution in [1.82, 2.24) is 0 Å². The lowest BCUT2D eigenvalue weighted by Crippen LogP contribution is -2.33. The van der Waals surface area contributed by atoms with Gasteiger partial charge in [-0.05, 0) is 17.5 Å². The number of rotatable bonds is 4. The Kier molecular flexibility index (Phi) is 4.73. The average molecular weight is 380 g/mol. The van der Waals surface area contributed by atoms with Crippen LogP contribution in [0.4, 0.5) is 17.1 Å². The smallest absolute Gasteiger partial charge is 0.395 e. The van der Waals surface area contributed by atoms with Crippen LogP contribution in [-0.2, 0) is 9.59 Å². The number of benzene rings is 3.